The maximum Gasteiger partial charge on any atom is 0.123 e. The minimum Gasteiger partial charge on any atom is -0.207 e. The summed E-state index contributed by atoms with van der Waals surface area (Å²) in [5, 5.41) is 9.32. The minimum absolute atomic E-state index is 0.167. The molecule has 0 N–H and O–H groups in total. The van der Waals surface area contributed by atoms with Gasteiger partial charge in [0, 0.05) is 10.1 Å². The summed E-state index contributed by atoms with van der Waals surface area (Å²) in [7, 11) is 0. The highest BCUT2D eigenvalue weighted by Gasteiger charge is 2.27. The molecule has 1 nitrogen and oxygen atoms in total. The number of rotatable bonds is 2. The number of hydrogen-bond donors (Lipinski definition) is 0. The lowest BCUT2D eigenvalue weighted by Crippen LogP contribution is -2.06. The Labute approximate surface area is 93.3 Å². The normalized spacial score (nSPS) is 25.1. The molecule has 1 aliphatic rings. The molecule has 78 valence electrons. The van der Waals surface area contributed by atoms with Crippen LogP contribution in [0.5, 0.6) is 0 Å². The number of nitrogens with zero attached hydrogens (tertiary/aromatic N) is 1. The largest absolute Gasteiger partial charge is 0.207 e. The lowest BCUT2D eigenvalue weighted by molar-refractivity contribution is 0.626. The molecule has 1 saturated carbocycles. The van der Waals surface area contributed by atoms with Gasteiger partial charge < -0.3 is 0 Å². The van der Waals surface area contributed by atoms with Crippen LogP contribution < -0.4 is 0 Å². The molecule has 15 heavy (non-hydrogen) atoms. The van der Waals surface area contributed by atoms with Gasteiger partial charge in [0.15, 0.2) is 0 Å². The maximum atomic E-state index is 12.7. The van der Waals surface area contributed by atoms with Crippen LogP contribution in [0.4, 0.5) is 4.39 Å². The summed E-state index contributed by atoms with van der Waals surface area (Å²) in [6.07, 6.45) is 3.24. The Balaban J connectivity index is 2.03. The lowest BCUT2D eigenvalue weighted by atomic mass is 10.1. The van der Waals surface area contributed by atoms with Crippen molar-refractivity contribution in [1.82, 2.24) is 0 Å². The molecular formula is C12H12FNS. The van der Waals surface area contributed by atoms with Crippen LogP contribution in [-0.2, 0) is 0 Å². The third-order valence-corrected chi connectivity index (χ3v) is 4.13. The van der Waals surface area contributed by atoms with Crippen LogP contribution in [0.1, 0.15) is 19.3 Å². The van der Waals surface area contributed by atoms with Crippen molar-refractivity contribution in [3.8, 4) is 6.07 Å². The van der Waals surface area contributed by atoms with Gasteiger partial charge in [0.05, 0.1) is 12.0 Å². The fourth-order valence-electron chi connectivity index (χ4n) is 1.90. The van der Waals surface area contributed by atoms with E-state index in [0.29, 0.717) is 5.25 Å². The molecule has 0 bridgehead atoms. The highest BCUT2D eigenvalue weighted by Crippen LogP contribution is 2.38. The van der Waals surface area contributed by atoms with Crippen molar-refractivity contribution in [2.24, 2.45) is 5.92 Å². The summed E-state index contributed by atoms with van der Waals surface area (Å²) in [5.74, 6) is -0.0392. The average Bonchev–Trinajstić information content (AvgIpc) is 2.69. The van der Waals surface area contributed by atoms with Gasteiger partial charge in [0.25, 0.3) is 0 Å². The summed E-state index contributed by atoms with van der Waals surface area (Å²) < 4.78 is 12.7. The second kappa shape index (κ2) is 4.67. The van der Waals surface area contributed by atoms with Gasteiger partial charge in [-0.3, -0.25) is 0 Å². The zero-order chi connectivity index (χ0) is 10.7. The molecule has 1 fully saturated rings. The van der Waals surface area contributed by atoms with E-state index in [4.69, 9.17) is 5.26 Å². The Bertz CT molecular complexity index is 368. The van der Waals surface area contributed by atoms with Crippen molar-refractivity contribution in [1.29, 1.82) is 5.26 Å². The predicted molar refractivity (Wildman–Crippen MR) is 59.0 cm³/mol. The number of hydrogen-bond acceptors (Lipinski definition) is 2. The van der Waals surface area contributed by atoms with Crippen LogP contribution in [-0.4, -0.2) is 5.25 Å². The summed E-state index contributed by atoms with van der Waals surface area (Å²) in [5.41, 5.74) is 0. The van der Waals surface area contributed by atoms with E-state index in [2.05, 4.69) is 6.07 Å². The second-order valence-corrected chi connectivity index (χ2v) is 5.09. The van der Waals surface area contributed by atoms with Crippen molar-refractivity contribution in [2.75, 3.05) is 0 Å². The molecule has 2 unspecified atom stereocenters. The van der Waals surface area contributed by atoms with Crippen molar-refractivity contribution in [3.63, 3.8) is 0 Å². The molecule has 1 aromatic carbocycles. The van der Waals surface area contributed by atoms with E-state index in [1.165, 1.54) is 12.1 Å². The first-order valence-corrected chi connectivity index (χ1v) is 5.99. The Morgan fingerprint density at radius 1 is 1.27 bits per heavy atom. The quantitative estimate of drug-likeness (QED) is 0.761. The molecule has 0 aliphatic heterocycles. The monoisotopic (exact) mass is 221 g/mol. The van der Waals surface area contributed by atoms with Crippen LogP contribution in [0.25, 0.3) is 0 Å². The zero-order valence-corrected chi connectivity index (χ0v) is 9.14. The fourth-order valence-corrected chi connectivity index (χ4v) is 3.19. The number of nitriles is 1. The molecule has 0 aromatic heterocycles. The Morgan fingerprint density at radius 3 is 2.67 bits per heavy atom. The van der Waals surface area contributed by atoms with Crippen LogP contribution in [0.15, 0.2) is 29.2 Å². The summed E-state index contributed by atoms with van der Waals surface area (Å²) in [6, 6.07) is 8.86. The van der Waals surface area contributed by atoms with Crippen molar-refractivity contribution < 1.29 is 4.39 Å². The van der Waals surface area contributed by atoms with Gasteiger partial charge in [0.2, 0.25) is 0 Å². The van der Waals surface area contributed by atoms with Gasteiger partial charge in [-0.25, -0.2) is 4.39 Å². The Kier molecular flexibility index (Phi) is 3.27. The SMILES string of the molecule is N#CC1CCCC1Sc1ccc(F)cc1. The Hall–Kier alpha value is -1.01. The molecule has 1 aliphatic carbocycles. The van der Waals surface area contributed by atoms with E-state index < -0.39 is 0 Å². The highest BCUT2D eigenvalue weighted by atomic mass is 32.2. The number of halogens is 1. The molecule has 0 saturated heterocycles. The van der Waals surface area contributed by atoms with Gasteiger partial charge in [0.1, 0.15) is 5.82 Å². The first-order valence-electron chi connectivity index (χ1n) is 5.11. The van der Waals surface area contributed by atoms with Gasteiger partial charge >= 0.3 is 0 Å². The third kappa shape index (κ3) is 2.51. The van der Waals surface area contributed by atoms with Crippen LogP contribution in [0.2, 0.25) is 0 Å². The molecule has 2 atom stereocenters. The van der Waals surface area contributed by atoms with Crippen molar-refractivity contribution in [2.45, 2.75) is 29.4 Å². The summed E-state index contributed by atoms with van der Waals surface area (Å²) in [6.45, 7) is 0. The molecule has 0 spiro atoms. The van der Waals surface area contributed by atoms with Crippen LogP contribution >= 0.6 is 11.8 Å². The smallest absolute Gasteiger partial charge is 0.123 e. The van der Waals surface area contributed by atoms with E-state index in [9.17, 15) is 4.39 Å². The van der Waals surface area contributed by atoms with Gasteiger partial charge in [-0.15, -0.1) is 11.8 Å². The van der Waals surface area contributed by atoms with E-state index in [1.54, 1.807) is 23.9 Å². The molecule has 0 radical (unpaired) electrons. The molecular weight excluding hydrogens is 209 g/mol. The second-order valence-electron chi connectivity index (χ2n) is 3.78. The molecule has 1 aromatic rings. The summed E-state index contributed by atoms with van der Waals surface area (Å²) >= 11 is 1.70. The van der Waals surface area contributed by atoms with E-state index in [0.717, 1.165) is 24.2 Å². The van der Waals surface area contributed by atoms with Crippen molar-refractivity contribution in [3.05, 3.63) is 30.1 Å². The van der Waals surface area contributed by atoms with Gasteiger partial charge in [-0.2, -0.15) is 5.26 Å². The average molecular weight is 221 g/mol. The third-order valence-electron chi connectivity index (χ3n) is 2.72. The molecule has 0 heterocycles. The molecule has 0 amide bonds. The van der Waals surface area contributed by atoms with Crippen molar-refractivity contribution >= 4 is 11.8 Å². The highest BCUT2D eigenvalue weighted by molar-refractivity contribution is 8.00. The minimum atomic E-state index is -0.206. The van der Waals surface area contributed by atoms with Crippen LogP contribution in [0, 0.1) is 23.1 Å². The number of thioether (sulfide) groups is 1. The maximum absolute atomic E-state index is 12.7. The van der Waals surface area contributed by atoms with Crippen LogP contribution in [0.3, 0.4) is 0 Å². The zero-order valence-electron chi connectivity index (χ0n) is 8.32. The van der Waals surface area contributed by atoms with Gasteiger partial charge in [-0.1, -0.05) is 6.42 Å². The predicted octanol–water partition coefficient (Wildman–Crippen LogP) is 3.61. The lowest BCUT2D eigenvalue weighted by Gasteiger charge is -2.12. The first kappa shape index (κ1) is 10.5. The molecule has 3 heteroatoms. The Morgan fingerprint density at radius 2 is 2.00 bits per heavy atom. The van der Waals surface area contributed by atoms with Gasteiger partial charge in [-0.05, 0) is 37.1 Å². The topological polar surface area (TPSA) is 23.8 Å². The first-order chi connectivity index (χ1) is 7.29. The van der Waals surface area contributed by atoms with E-state index in [-0.39, 0.29) is 11.7 Å². The van der Waals surface area contributed by atoms with E-state index in [1.807, 2.05) is 0 Å². The standard InChI is InChI=1S/C12H12FNS/c13-10-4-6-11(7-5-10)15-12-3-1-2-9(12)8-14/h4-7,9,12H,1-3H2. The fraction of sp³-hybridized carbons (Fsp3) is 0.417. The van der Waals surface area contributed by atoms with E-state index >= 15 is 0 Å². The molecule has 2 rings (SSSR count). The summed E-state index contributed by atoms with van der Waals surface area (Å²) in [4.78, 5) is 1.06. The number of benzene rings is 1.